The Morgan fingerprint density at radius 2 is 2.40 bits per heavy atom. The van der Waals surface area contributed by atoms with Crippen molar-refractivity contribution < 1.29 is 0 Å². The zero-order chi connectivity index (χ0) is 10.7. The number of aryl methyl sites for hydroxylation is 1. The van der Waals surface area contributed by atoms with Crippen molar-refractivity contribution in [3.05, 3.63) is 28.5 Å². The van der Waals surface area contributed by atoms with Gasteiger partial charge in [-0.05, 0) is 56.8 Å². The average molecular weight is 225 g/mol. The van der Waals surface area contributed by atoms with Crippen LogP contribution in [0.1, 0.15) is 24.1 Å². The molecule has 1 aromatic rings. The van der Waals surface area contributed by atoms with Crippen LogP contribution in [0.15, 0.2) is 12.1 Å². The molecule has 2 nitrogen and oxygen atoms in total. The molecule has 1 aliphatic rings. The number of piperidine rings is 1. The molecule has 0 spiro atoms. The van der Waals surface area contributed by atoms with Crippen molar-refractivity contribution in [2.75, 3.05) is 13.1 Å². The zero-order valence-electron chi connectivity index (χ0n) is 9.09. The Balaban J connectivity index is 2.03. The van der Waals surface area contributed by atoms with Gasteiger partial charge < -0.3 is 5.32 Å². The first kappa shape index (κ1) is 10.9. The lowest BCUT2D eigenvalue weighted by molar-refractivity contribution is 0.376. The van der Waals surface area contributed by atoms with Gasteiger partial charge in [-0.3, -0.25) is 0 Å². The number of pyridine rings is 1. The maximum atomic E-state index is 6.12. The van der Waals surface area contributed by atoms with E-state index in [0.29, 0.717) is 5.15 Å². The summed E-state index contributed by atoms with van der Waals surface area (Å²) in [6, 6.07) is 4.15. The van der Waals surface area contributed by atoms with Crippen LogP contribution in [-0.4, -0.2) is 18.1 Å². The first-order valence-corrected chi connectivity index (χ1v) is 5.96. The van der Waals surface area contributed by atoms with Gasteiger partial charge in [-0.25, -0.2) is 4.98 Å². The van der Waals surface area contributed by atoms with Crippen LogP contribution in [0.4, 0.5) is 0 Å². The Labute approximate surface area is 96.1 Å². The van der Waals surface area contributed by atoms with Crippen LogP contribution < -0.4 is 5.32 Å². The Kier molecular flexibility index (Phi) is 3.60. The third-order valence-corrected chi connectivity index (χ3v) is 3.30. The molecule has 1 fully saturated rings. The second kappa shape index (κ2) is 4.95. The molecule has 0 saturated carbocycles. The molecule has 3 heteroatoms. The predicted octanol–water partition coefficient (Wildman–Crippen LogP) is 2.59. The first-order chi connectivity index (χ1) is 7.25. The van der Waals surface area contributed by atoms with Crippen LogP contribution in [0.2, 0.25) is 5.15 Å². The number of rotatable bonds is 2. The molecule has 1 atom stereocenters. The van der Waals surface area contributed by atoms with E-state index in [2.05, 4.69) is 16.4 Å². The quantitative estimate of drug-likeness (QED) is 0.782. The fraction of sp³-hybridized carbons (Fsp3) is 0.583. The molecule has 82 valence electrons. The van der Waals surface area contributed by atoms with Gasteiger partial charge in [0.15, 0.2) is 0 Å². The lowest BCUT2D eigenvalue weighted by Crippen LogP contribution is -2.30. The summed E-state index contributed by atoms with van der Waals surface area (Å²) in [6.07, 6.45) is 3.64. The van der Waals surface area contributed by atoms with E-state index >= 15 is 0 Å². The van der Waals surface area contributed by atoms with Crippen LogP contribution in [0.3, 0.4) is 0 Å². The topological polar surface area (TPSA) is 24.9 Å². The van der Waals surface area contributed by atoms with Gasteiger partial charge in [0.25, 0.3) is 0 Å². The third kappa shape index (κ3) is 2.93. The summed E-state index contributed by atoms with van der Waals surface area (Å²) in [7, 11) is 0. The second-order valence-corrected chi connectivity index (χ2v) is 4.68. The minimum absolute atomic E-state index is 0.681. The molecule has 0 amide bonds. The summed E-state index contributed by atoms with van der Waals surface area (Å²) in [6.45, 7) is 4.25. The van der Waals surface area contributed by atoms with Crippen molar-refractivity contribution in [1.82, 2.24) is 10.3 Å². The summed E-state index contributed by atoms with van der Waals surface area (Å²) in [5.74, 6) is 0.723. The molecular formula is C12H17ClN2. The Hall–Kier alpha value is -0.600. The summed E-state index contributed by atoms with van der Waals surface area (Å²) in [5, 5.41) is 4.10. The van der Waals surface area contributed by atoms with Gasteiger partial charge in [-0.15, -0.1) is 0 Å². The van der Waals surface area contributed by atoms with Crippen LogP contribution in [0.25, 0.3) is 0 Å². The Morgan fingerprint density at radius 1 is 1.53 bits per heavy atom. The first-order valence-electron chi connectivity index (χ1n) is 5.58. The maximum absolute atomic E-state index is 6.12. The minimum atomic E-state index is 0.681. The lowest BCUT2D eigenvalue weighted by Gasteiger charge is -2.22. The van der Waals surface area contributed by atoms with Crippen molar-refractivity contribution in [3.8, 4) is 0 Å². The Morgan fingerprint density at radius 3 is 3.07 bits per heavy atom. The molecule has 0 aliphatic carbocycles. The SMILES string of the molecule is Cc1ccc(CC2CCCNC2)c(Cl)n1. The summed E-state index contributed by atoms with van der Waals surface area (Å²) < 4.78 is 0. The molecule has 1 unspecified atom stereocenters. The van der Waals surface area contributed by atoms with E-state index in [1.54, 1.807) is 0 Å². The normalized spacial score (nSPS) is 21.6. The van der Waals surface area contributed by atoms with Gasteiger partial charge in [0, 0.05) is 5.69 Å². The van der Waals surface area contributed by atoms with E-state index in [9.17, 15) is 0 Å². The minimum Gasteiger partial charge on any atom is -0.316 e. The van der Waals surface area contributed by atoms with E-state index in [-0.39, 0.29) is 0 Å². The van der Waals surface area contributed by atoms with Crippen LogP contribution in [-0.2, 0) is 6.42 Å². The highest BCUT2D eigenvalue weighted by atomic mass is 35.5. The van der Waals surface area contributed by atoms with Crippen molar-refractivity contribution >= 4 is 11.6 Å². The van der Waals surface area contributed by atoms with E-state index in [0.717, 1.165) is 31.1 Å². The van der Waals surface area contributed by atoms with E-state index in [1.807, 2.05) is 13.0 Å². The fourth-order valence-corrected chi connectivity index (χ4v) is 2.39. The standard InChI is InChI=1S/C12H17ClN2/c1-9-4-5-11(12(13)15-9)7-10-3-2-6-14-8-10/h4-5,10,14H,2-3,6-8H2,1H3. The maximum Gasteiger partial charge on any atom is 0.132 e. The van der Waals surface area contributed by atoms with Gasteiger partial charge in [0.1, 0.15) is 5.15 Å². The number of nitrogens with zero attached hydrogens (tertiary/aromatic N) is 1. The van der Waals surface area contributed by atoms with Crippen LogP contribution >= 0.6 is 11.6 Å². The van der Waals surface area contributed by atoms with Gasteiger partial charge in [-0.2, -0.15) is 0 Å². The molecule has 0 aromatic carbocycles. The summed E-state index contributed by atoms with van der Waals surface area (Å²) in [4.78, 5) is 4.28. The highest BCUT2D eigenvalue weighted by molar-refractivity contribution is 6.30. The summed E-state index contributed by atoms with van der Waals surface area (Å²) in [5.41, 5.74) is 2.18. The largest absolute Gasteiger partial charge is 0.316 e. The second-order valence-electron chi connectivity index (χ2n) is 4.32. The molecule has 1 saturated heterocycles. The van der Waals surface area contributed by atoms with Crippen molar-refractivity contribution in [2.45, 2.75) is 26.2 Å². The smallest absolute Gasteiger partial charge is 0.132 e. The van der Waals surface area contributed by atoms with Gasteiger partial charge >= 0.3 is 0 Å². The molecular weight excluding hydrogens is 208 g/mol. The van der Waals surface area contributed by atoms with Gasteiger partial charge in [0.05, 0.1) is 0 Å². The van der Waals surface area contributed by atoms with Crippen molar-refractivity contribution in [3.63, 3.8) is 0 Å². The molecule has 1 N–H and O–H groups in total. The van der Waals surface area contributed by atoms with E-state index in [1.165, 1.54) is 18.4 Å². The van der Waals surface area contributed by atoms with Crippen molar-refractivity contribution in [1.29, 1.82) is 0 Å². The van der Waals surface area contributed by atoms with Gasteiger partial charge in [-0.1, -0.05) is 17.7 Å². The van der Waals surface area contributed by atoms with Crippen molar-refractivity contribution in [2.24, 2.45) is 5.92 Å². The number of nitrogens with one attached hydrogen (secondary N) is 1. The summed E-state index contributed by atoms with van der Waals surface area (Å²) >= 11 is 6.12. The highest BCUT2D eigenvalue weighted by Gasteiger charge is 2.15. The molecule has 1 aliphatic heterocycles. The molecule has 2 rings (SSSR count). The van der Waals surface area contributed by atoms with Gasteiger partial charge in [0.2, 0.25) is 0 Å². The number of halogens is 1. The van der Waals surface area contributed by atoms with E-state index in [4.69, 9.17) is 11.6 Å². The zero-order valence-corrected chi connectivity index (χ0v) is 9.85. The Bertz CT molecular complexity index is 332. The fourth-order valence-electron chi connectivity index (χ4n) is 2.12. The average Bonchev–Trinajstić information content (AvgIpc) is 2.24. The molecule has 0 radical (unpaired) electrons. The molecule has 2 heterocycles. The lowest BCUT2D eigenvalue weighted by atomic mass is 9.93. The number of hydrogen-bond donors (Lipinski definition) is 1. The van der Waals surface area contributed by atoms with E-state index < -0.39 is 0 Å². The third-order valence-electron chi connectivity index (χ3n) is 2.97. The molecule has 0 bridgehead atoms. The predicted molar refractivity (Wildman–Crippen MR) is 63.3 cm³/mol. The molecule has 15 heavy (non-hydrogen) atoms. The van der Waals surface area contributed by atoms with Crippen LogP contribution in [0.5, 0.6) is 0 Å². The monoisotopic (exact) mass is 224 g/mol. The van der Waals surface area contributed by atoms with Crippen LogP contribution in [0, 0.1) is 12.8 Å². The molecule has 1 aromatic heterocycles. The number of hydrogen-bond acceptors (Lipinski definition) is 2. The highest BCUT2D eigenvalue weighted by Crippen LogP contribution is 2.21. The number of aromatic nitrogens is 1.